The van der Waals surface area contributed by atoms with Crippen LogP contribution in [0.25, 0.3) is 0 Å². The highest BCUT2D eigenvalue weighted by Gasteiger charge is 2.05. The lowest BCUT2D eigenvalue weighted by molar-refractivity contribution is 0.0697. The first-order valence-corrected chi connectivity index (χ1v) is 5.02. The third-order valence-corrected chi connectivity index (χ3v) is 2.48. The maximum absolute atomic E-state index is 10.6. The number of benzene rings is 1. The number of rotatable bonds is 3. The van der Waals surface area contributed by atoms with Gasteiger partial charge in [-0.25, -0.2) is 4.79 Å². The van der Waals surface area contributed by atoms with E-state index in [-0.39, 0.29) is 0 Å². The van der Waals surface area contributed by atoms with Crippen molar-refractivity contribution in [3.05, 3.63) is 34.9 Å². The summed E-state index contributed by atoms with van der Waals surface area (Å²) in [6.07, 6.45) is 0. The maximum atomic E-state index is 10.6. The average Bonchev–Trinajstić information content (AvgIpc) is 2.16. The van der Waals surface area contributed by atoms with E-state index in [2.05, 4.69) is 25.3 Å². The van der Waals surface area contributed by atoms with Gasteiger partial charge in [0.1, 0.15) is 0 Å². The van der Waals surface area contributed by atoms with Crippen LogP contribution < -0.4 is 0 Å². The van der Waals surface area contributed by atoms with Gasteiger partial charge in [0.05, 0.1) is 5.56 Å². The zero-order chi connectivity index (χ0) is 9.84. The molecule has 0 amide bonds. The van der Waals surface area contributed by atoms with E-state index in [0.29, 0.717) is 17.1 Å². The largest absolute Gasteiger partial charge is 0.478 e. The molecule has 0 atom stereocenters. The third-order valence-electron chi connectivity index (χ3n) is 1.79. The summed E-state index contributed by atoms with van der Waals surface area (Å²) in [6.45, 7) is 0. The summed E-state index contributed by atoms with van der Waals surface area (Å²) in [5, 5.41) is 8.72. The third kappa shape index (κ3) is 2.42. The van der Waals surface area contributed by atoms with Gasteiger partial charge >= 0.3 is 5.97 Å². The highest BCUT2D eigenvalue weighted by atomic mass is 32.1. The molecule has 0 heterocycles. The molecule has 0 fully saturated rings. The fraction of sp³-hybridized carbons (Fsp3) is 0.222. The molecule has 13 heavy (non-hydrogen) atoms. The molecule has 0 radical (unpaired) electrons. The number of hydrogen-bond acceptors (Lipinski definition) is 3. The van der Waals surface area contributed by atoms with Crippen LogP contribution in [0.4, 0.5) is 0 Å². The Kier molecular flexibility index (Phi) is 3.69. The molecule has 0 unspecified atom stereocenters. The predicted octanol–water partition coefficient (Wildman–Crippen LogP) is 2.24. The number of thiol groups is 2. The number of aromatic carboxylic acids is 1. The van der Waals surface area contributed by atoms with Crippen molar-refractivity contribution in [2.45, 2.75) is 11.5 Å². The van der Waals surface area contributed by atoms with Gasteiger partial charge in [0, 0.05) is 11.5 Å². The minimum absolute atomic E-state index is 0.301. The monoisotopic (exact) mass is 214 g/mol. The van der Waals surface area contributed by atoms with Crippen LogP contribution in [0, 0.1) is 0 Å². The van der Waals surface area contributed by atoms with Crippen molar-refractivity contribution < 1.29 is 9.90 Å². The molecule has 0 aromatic heterocycles. The van der Waals surface area contributed by atoms with Gasteiger partial charge in [-0.2, -0.15) is 25.3 Å². The molecule has 1 aromatic rings. The fourth-order valence-electron chi connectivity index (χ4n) is 1.06. The second kappa shape index (κ2) is 4.58. The molecule has 0 saturated carbocycles. The van der Waals surface area contributed by atoms with E-state index < -0.39 is 5.97 Å². The Labute approximate surface area is 87.8 Å². The molecule has 0 spiro atoms. The minimum atomic E-state index is -0.909. The second-order valence-electron chi connectivity index (χ2n) is 2.60. The SMILES string of the molecule is O=C(O)c1ccc(CS)c(CS)c1. The van der Waals surface area contributed by atoms with Gasteiger partial charge in [-0.05, 0) is 23.3 Å². The number of carboxylic acid groups (broad SMARTS) is 1. The van der Waals surface area contributed by atoms with Gasteiger partial charge in [-0.1, -0.05) is 6.07 Å². The van der Waals surface area contributed by atoms with Crippen molar-refractivity contribution in [3.8, 4) is 0 Å². The van der Waals surface area contributed by atoms with Crippen LogP contribution in [0.3, 0.4) is 0 Å². The Morgan fingerprint density at radius 3 is 2.31 bits per heavy atom. The van der Waals surface area contributed by atoms with Gasteiger partial charge in [-0.15, -0.1) is 0 Å². The summed E-state index contributed by atoms with van der Waals surface area (Å²) in [6, 6.07) is 5.00. The Hall–Kier alpha value is -0.610. The topological polar surface area (TPSA) is 37.3 Å². The normalized spacial score (nSPS) is 10.0. The summed E-state index contributed by atoms with van der Waals surface area (Å²) in [4.78, 5) is 10.6. The summed E-state index contributed by atoms with van der Waals surface area (Å²) in [5.74, 6) is 0.237. The Morgan fingerprint density at radius 1 is 1.23 bits per heavy atom. The predicted molar refractivity (Wildman–Crippen MR) is 58.8 cm³/mol. The zero-order valence-electron chi connectivity index (χ0n) is 6.90. The summed E-state index contributed by atoms with van der Waals surface area (Å²) >= 11 is 8.26. The van der Waals surface area contributed by atoms with E-state index in [1.54, 1.807) is 18.2 Å². The lowest BCUT2D eigenvalue weighted by Crippen LogP contribution is -1.99. The quantitative estimate of drug-likeness (QED) is 0.675. The van der Waals surface area contributed by atoms with Crippen molar-refractivity contribution in [2.75, 3.05) is 0 Å². The molecule has 0 bridgehead atoms. The van der Waals surface area contributed by atoms with Crippen LogP contribution in [0.1, 0.15) is 21.5 Å². The van der Waals surface area contributed by atoms with Crippen molar-refractivity contribution in [1.29, 1.82) is 0 Å². The molecule has 1 N–H and O–H groups in total. The standard InChI is InChI=1S/C9H10O2S2/c10-9(11)6-1-2-7(4-12)8(3-6)5-13/h1-3,12-13H,4-5H2,(H,10,11). The smallest absolute Gasteiger partial charge is 0.335 e. The van der Waals surface area contributed by atoms with Crippen molar-refractivity contribution in [2.24, 2.45) is 0 Å². The number of carboxylic acids is 1. The summed E-state index contributed by atoms with van der Waals surface area (Å²) in [7, 11) is 0. The first kappa shape index (κ1) is 10.5. The van der Waals surface area contributed by atoms with E-state index in [0.717, 1.165) is 11.1 Å². The van der Waals surface area contributed by atoms with Crippen LogP contribution in [0.5, 0.6) is 0 Å². The first-order valence-electron chi connectivity index (χ1n) is 3.76. The van der Waals surface area contributed by atoms with Crippen LogP contribution >= 0.6 is 25.3 Å². The van der Waals surface area contributed by atoms with Gasteiger partial charge in [0.15, 0.2) is 0 Å². The lowest BCUT2D eigenvalue weighted by atomic mass is 10.1. The molecule has 4 heteroatoms. The molecule has 0 aliphatic heterocycles. The summed E-state index contributed by atoms with van der Waals surface area (Å²) in [5.41, 5.74) is 2.26. The lowest BCUT2D eigenvalue weighted by Gasteiger charge is -2.05. The molecular weight excluding hydrogens is 204 g/mol. The molecule has 1 rings (SSSR count). The van der Waals surface area contributed by atoms with Crippen LogP contribution in [-0.2, 0) is 11.5 Å². The van der Waals surface area contributed by atoms with Crippen molar-refractivity contribution >= 4 is 31.2 Å². The average molecular weight is 214 g/mol. The molecule has 2 nitrogen and oxygen atoms in total. The first-order chi connectivity index (χ1) is 6.19. The Balaban J connectivity index is 3.13. The minimum Gasteiger partial charge on any atom is -0.478 e. The van der Waals surface area contributed by atoms with E-state index in [1.165, 1.54) is 0 Å². The molecule has 0 aliphatic carbocycles. The molecule has 1 aromatic carbocycles. The second-order valence-corrected chi connectivity index (χ2v) is 3.24. The van der Waals surface area contributed by atoms with Gasteiger partial charge in [0.2, 0.25) is 0 Å². The maximum Gasteiger partial charge on any atom is 0.335 e. The molecule has 70 valence electrons. The highest BCUT2D eigenvalue weighted by molar-refractivity contribution is 7.79. The molecule has 0 aliphatic rings. The van der Waals surface area contributed by atoms with E-state index >= 15 is 0 Å². The number of hydrogen-bond donors (Lipinski definition) is 3. The van der Waals surface area contributed by atoms with Gasteiger partial charge in [-0.3, -0.25) is 0 Å². The van der Waals surface area contributed by atoms with E-state index in [4.69, 9.17) is 5.11 Å². The van der Waals surface area contributed by atoms with E-state index in [9.17, 15) is 4.79 Å². The van der Waals surface area contributed by atoms with Crippen molar-refractivity contribution in [3.63, 3.8) is 0 Å². The van der Waals surface area contributed by atoms with Gasteiger partial charge < -0.3 is 5.11 Å². The van der Waals surface area contributed by atoms with Crippen LogP contribution in [0.2, 0.25) is 0 Å². The zero-order valence-corrected chi connectivity index (χ0v) is 8.69. The van der Waals surface area contributed by atoms with Crippen LogP contribution in [0.15, 0.2) is 18.2 Å². The highest BCUT2D eigenvalue weighted by Crippen LogP contribution is 2.16. The molecular formula is C9H10O2S2. The summed E-state index contributed by atoms with van der Waals surface area (Å²) < 4.78 is 0. The number of carbonyl (C=O) groups is 1. The van der Waals surface area contributed by atoms with Crippen LogP contribution in [-0.4, -0.2) is 11.1 Å². The van der Waals surface area contributed by atoms with Gasteiger partial charge in [0.25, 0.3) is 0 Å². The molecule has 0 saturated heterocycles. The van der Waals surface area contributed by atoms with Crippen molar-refractivity contribution in [1.82, 2.24) is 0 Å². The van der Waals surface area contributed by atoms with E-state index in [1.807, 2.05) is 0 Å². The fourth-order valence-corrected chi connectivity index (χ4v) is 1.66. The Morgan fingerprint density at radius 2 is 1.85 bits per heavy atom. The Bertz CT molecular complexity index is 323.